The Labute approximate surface area is 96.8 Å². The molecule has 1 aromatic rings. The molecule has 0 saturated heterocycles. The van der Waals surface area contributed by atoms with Crippen LogP contribution >= 0.6 is 15.9 Å². The third-order valence-electron chi connectivity index (χ3n) is 2.50. The van der Waals surface area contributed by atoms with Crippen LogP contribution in [0.1, 0.15) is 12.0 Å². The molecule has 0 saturated carbocycles. The van der Waals surface area contributed by atoms with Gasteiger partial charge >= 0.3 is 0 Å². The Morgan fingerprint density at radius 3 is 3.07 bits per heavy atom. The average Bonchev–Trinajstić information content (AvgIpc) is 2.23. The molecule has 15 heavy (non-hydrogen) atoms. The summed E-state index contributed by atoms with van der Waals surface area (Å²) < 4.78 is 0.832. The topological polar surface area (TPSA) is 40.5 Å². The first-order valence-corrected chi connectivity index (χ1v) is 5.63. The van der Waals surface area contributed by atoms with Crippen LogP contribution < -0.4 is 4.90 Å². The summed E-state index contributed by atoms with van der Waals surface area (Å²) in [6.07, 6.45) is 1.28. The molecule has 1 N–H and O–H groups in total. The van der Waals surface area contributed by atoms with Crippen molar-refractivity contribution in [2.45, 2.75) is 12.8 Å². The maximum atomic E-state index is 11.6. The lowest BCUT2D eigenvalue weighted by Crippen LogP contribution is -2.37. The van der Waals surface area contributed by atoms with Crippen molar-refractivity contribution in [1.29, 1.82) is 0 Å². The van der Waals surface area contributed by atoms with Crippen LogP contribution in [0.4, 0.5) is 5.69 Å². The highest BCUT2D eigenvalue weighted by molar-refractivity contribution is 9.10. The number of aryl methyl sites for hydroxylation is 1. The SMILES string of the molecule is O=C1CCc2c[c]c(Br)cc2N1CCO. The standard InChI is InChI=1S/C11H11BrNO2/c12-9-3-1-8-2-4-11(15)13(5-6-14)10(8)7-9/h1,7,14H,2,4-6H2. The Kier molecular flexibility index (Phi) is 3.07. The quantitative estimate of drug-likeness (QED) is 0.884. The minimum absolute atomic E-state index is 0.0125. The molecule has 79 valence electrons. The fourth-order valence-corrected chi connectivity index (χ4v) is 2.12. The fraction of sp³-hybridized carbons (Fsp3) is 0.364. The Bertz CT molecular complexity index is 392. The number of aliphatic hydroxyl groups is 1. The predicted molar refractivity (Wildman–Crippen MR) is 60.7 cm³/mol. The lowest BCUT2D eigenvalue weighted by molar-refractivity contribution is -0.119. The molecule has 1 amide bonds. The number of hydrogen-bond acceptors (Lipinski definition) is 2. The lowest BCUT2D eigenvalue weighted by atomic mass is 10.0. The van der Waals surface area contributed by atoms with Crippen LogP contribution in [0.25, 0.3) is 0 Å². The van der Waals surface area contributed by atoms with E-state index in [1.54, 1.807) is 4.90 Å². The van der Waals surface area contributed by atoms with Crippen LogP contribution in [0.15, 0.2) is 16.6 Å². The number of rotatable bonds is 2. The average molecular weight is 269 g/mol. The number of carbonyl (C=O) groups is 1. The molecule has 1 heterocycles. The van der Waals surface area contributed by atoms with Gasteiger partial charge in [-0.3, -0.25) is 4.79 Å². The molecule has 0 atom stereocenters. The Hall–Kier alpha value is -0.870. The van der Waals surface area contributed by atoms with E-state index < -0.39 is 0 Å². The zero-order valence-corrected chi connectivity index (χ0v) is 9.75. The number of halogens is 1. The summed E-state index contributed by atoms with van der Waals surface area (Å²) in [5.41, 5.74) is 2.01. The minimum atomic E-state index is -0.0125. The summed E-state index contributed by atoms with van der Waals surface area (Å²) in [5, 5.41) is 8.92. The van der Waals surface area contributed by atoms with Gasteiger partial charge in [-0.05, 0) is 30.2 Å². The van der Waals surface area contributed by atoms with E-state index in [2.05, 4.69) is 22.0 Å². The molecule has 0 unspecified atom stereocenters. The number of hydrogen-bond donors (Lipinski definition) is 1. The van der Waals surface area contributed by atoms with Crippen molar-refractivity contribution in [1.82, 2.24) is 0 Å². The monoisotopic (exact) mass is 268 g/mol. The molecular weight excluding hydrogens is 258 g/mol. The number of nitrogens with zero attached hydrogens (tertiary/aromatic N) is 1. The van der Waals surface area contributed by atoms with Crippen LogP contribution in [0.5, 0.6) is 0 Å². The second-order valence-corrected chi connectivity index (χ2v) is 4.31. The highest BCUT2D eigenvalue weighted by Gasteiger charge is 2.23. The second-order valence-electron chi connectivity index (χ2n) is 3.46. The zero-order chi connectivity index (χ0) is 10.8. The Morgan fingerprint density at radius 1 is 1.53 bits per heavy atom. The molecule has 0 spiro atoms. The first kappa shape index (κ1) is 10.6. The van der Waals surface area contributed by atoms with Crippen LogP contribution in [-0.4, -0.2) is 24.2 Å². The molecule has 4 heteroatoms. The van der Waals surface area contributed by atoms with Gasteiger partial charge in [-0.25, -0.2) is 0 Å². The fourth-order valence-electron chi connectivity index (χ4n) is 1.79. The molecule has 3 nitrogen and oxygen atoms in total. The summed E-state index contributed by atoms with van der Waals surface area (Å²) in [5.74, 6) is 0.0784. The van der Waals surface area contributed by atoms with Crippen molar-refractivity contribution in [2.75, 3.05) is 18.1 Å². The number of anilines is 1. The van der Waals surface area contributed by atoms with Crippen molar-refractivity contribution >= 4 is 27.5 Å². The first-order valence-electron chi connectivity index (χ1n) is 4.83. The molecule has 0 bridgehead atoms. The first-order chi connectivity index (χ1) is 7.22. The van der Waals surface area contributed by atoms with Crippen LogP contribution in [0.3, 0.4) is 0 Å². The van der Waals surface area contributed by atoms with Gasteiger partial charge in [-0.15, -0.1) is 0 Å². The Balaban J connectivity index is 2.41. The summed E-state index contributed by atoms with van der Waals surface area (Å²) in [4.78, 5) is 13.3. The third kappa shape index (κ3) is 2.06. The molecular formula is C11H11BrNO2. The zero-order valence-electron chi connectivity index (χ0n) is 8.16. The number of benzene rings is 1. The molecule has 0 aromatic heterocycles. The Morgan fingerprint density at radius 2 is 2.33 bits per heavy atom. The highest BCUT2D eigenvalue weighted by Crippen LogP contribution is 2.30. The van der Waals surface area contributed by atoms with Crippen molar-refractivity contribution in [3.63, 3.8) is 0 Å². The van der Waals surface area contributed by atoms with E-state index in [-0.39, 0.29) is 12.5 Å². The smallest absolute Gasteiger partial charge is 0.227 e. The van der Waals surface area contributed by atoms with Gasteiger partial charge in [0, 0.05) is 23.1 Å². The minimum Gasteiger partial charge on any atom is -0.395 e. The van der Waals surface area contributed by atoms with E-state index in [4.69, 9.17) is 5.11 Å². The maximum Gasteiger partial charge on any atom is 0.227 e. The molecule has 0 aliphatic carbocycles. The van der Waals surface area contributed by atoms with Gasteiger partial charge in [-0.1, -0.05) is 15.9 Å². The van der Waals surface area contributed by atoms with E-state index in [0.29, 0.717) is 13.0 Å². The van der Waals surface area contributed by atoms with Gasteiger partial charge in [0.25, 0.3) is 0 Å². The molecule has 0 fully saturated rings. The van der Waals surface area contributed by atoms with Gasteiger partial charge in [0.1, 0.15) is 0 Å². The van der Waals surface area contributed by atoms with Gasteiger partial charge in [0.2, 0.25) is 5.91 Å². The van der Waals surface area contributed by atoms with E-state index in [1.807, 2.05) is 12.1 Å². The van der Waals surface area contributed by atoms with E-state index in [9.17, 15) is 4.79 Å². The van der Waals surface area contributed by atoms with Gasteiger partial charge in [0.05, 0.1) is 6.61 Å². The van der Waals surface area contributed by atoms with Gasteiger partial charge in [-0.2, -0.15) is 0 Å². The van der Waals surface area contributed by atoms with Crippen molar-refractivity contribution in [3.8, 4) is 0 Å². The molecule has 1 aliphatic rings. The molecule has 1 aliphatic heterocycles. The molecule has 1 radical (unpaired) electrons. The maximum absolute atomic E-state index is 11.6. The van der Waals surface area contributed by atoms with E-state index >= 15 is 0 Å². The summed E-state index contributed by atoms with van der Waals surface area (Å²) in [6, 6.07) is 6.83. The van der Waals surface area contributed by atoms with E-state index in [1.165, 1.54) is 0 Å². The third-order valence-corrected chi connectivity index (χ3v) is 2.96. The van der Waals surface area contributed by atoms with Crippen LogP contribution in [0, 0.1) is 6.07 Å². The number of aliphatic hydroxyl groups excluding tert-OH is 1. The number of β-amino-alcohol motifs (C(OH)–C–C–N with tert-alkyl or cyclic N) is 1. The van der Waals surface area contributed by atoms with Crippen molar-refractivity contribution in [2.24, 2.45) is 0 Å². The van der Waals surface area contributed by atoms with Crippen molar-refractivity contribution in [3.05, 3.63) is 28.2 Å². The lowest BCUT2D eigenvalue weighted by Gasteiger charge is -2.28. The number of fused-ring (bicyclic) bond motifs is 1. The number of amides is 1. The summed E-state index contributed by atoms with van der Waals surface area (Å²) >= 11 is 3.33. The highest BCUT2D eigenvalue weighted by atomic mass is 79.9. The largest absolute Gasteiger partial charge is 0.395 e. The predicted octanol–water partition coefficient (Wildman–Crippen LogP) is 1.52. The van der Waals surface area contributed by atoms with Crippen molar-refractivity contribution < 1.29 is 9.90 Å². The van der Waals surface area contributed by atoms with Gasteiger partial charge in [0.15, 0.2) is 0 Å². The molecule has 2 rings (SSSR count). The van der Waals surface area contributed by atoms with Crippen LogP contribution in [-0.2, 0) is 11.2 Å². The second kappa shape index (κ2) is 4.33. The van der Waals surface area contributed by atoms with Gasteiger partial charge < -0.3 is 10.0 Å². The normalized spacial score (nSPS) is 15.3. The van der Waals surface area contributed by atoms with Crippen LogP contribution in [0.2, 0.25) is 0 Å². The summed E-state index contributed by atoms with van der Waals surface area (Å²) in [6.45, 7) is 0.351. The number of carbonyl (C=O) groups excluding carboxylic acids is 1. The van der Waals surface area contributed by atoms with E-state index in [0.717, 1.165) is 22.1 Å². The summed E-state index contributed by atoms with van der Waals surface area (Å²) in [7, 11) is 0. The molecule has 1 aromatic carbocycles.